The molecule has 0 radical (unpaired) electrons. The molecule has 0 amide bonds. The Morgan fingerprint density at radius 1 is 1.04 bits per heavy atom. The fourth-order valence-corrected chi connectivity index (χ4v) is 3.47. The van der Waals surface area contributed by atoms with Crippen LogP contribution in [0.4, 0.5) is 4.39 Å². The molecule has 4 heteroatoms. The van der Waals surface area contributed by atoms with E-state index < -0.39 is 0 Å². The van der Waals surface area contributed by atoms with Gasteiger partial charge in [0.1, 0.15) is 11.6 Å². The van der Waals surface area contributed by atoms with Crippen LogP contribution in [0.3, 0.4) is 0 Å². The lowest BCUT2D eigenvalue weighted by Crippen LogP contribution is -2.22. The van der Waals surface area contributed by atoms with E-state index in [1.165, 1.54) is 17.7 Å². The lowest BCUT2D eigenvalue weighted by Gasteiger charge is -2.21. The first kappa shape index (κ1) is 16.0. The molecule has 0 unspecified atom stereocenters. The number of halogens is 1. The third kappa shape index (κ3) is 3.80. The highest BCUT2D eigenvalue weighted by molar-refractivity contribution is 5.21. The van der Waals surface area contributed by atoms with Crippen molar-refractivity contribution in [1.82, 2.24) is 9.88 Å². The van der Waals surface area contributed by atoms with Crippen LogP contribution in [-0.2, 0) is 13.0 Å². The third-order valence-corrected chi connectivity index (χ3v) is 4.74. The molecule has 4 rings (SSSR count). The Bertz CT molecular complexity index is 813. The van der Waals surface area contributed by atoms with Crippen LogP contribution in [0.5, 0.6) is 0 Å². The molecule has 3 aromatic rings. The maximum Gasteiger partial charge on any atom is 0.211 e. The van der Waals surface area contributed by atoms with Gasteiger partial charge in [-0.3, -0.25) is 4.90 Å². The molecule has 128 valence electrons. The SMILES string of the molecule is Fc1ccc(Cc2cnc([C@H]3CCCN3Cc3ccccc3)o2)cc1. The van der Waals surface area contributed by atoms with E-state index in [9.17, 15) is 4.39 Å². The molecule has 3 nitrogen and oxygen atoms in total. The summed E-state index contributed by atoms with van der Waals surface area (Å²) in [5.41, 5.74) is 2.34. The second-order valence-corrected chi connectivity index (χ2v) is 6.58. The largest absolute Gasteiger partial charge is 0.444 e. The van der Waals surface area contributed by atoms with Gasteiger partial charge in [0.25, 0.3) is 0 Å². The number of hydrogen-bond acceptors (Lipinski definition) is 3. The number of hydrogen-bond donors (Lipinski definition) is 0. The van der Waals surface area contributed by atoms with Gasteiger partial charge >= 0.3 is 0 Å². The summed E-state index contributed by atoms with van der Waals surface area (Å²) in [7, 11) is 0. The van der Waals surface area contributed by atoms with E-state index in [0.717, 1.165) is 43.1 Å². The number of oxazole rings is 1. The Morgan fingerprint density at radius 3 is 2.64 bits per heavy atom. The van der Waals surface area contributed by atoms with Gasteiger partial charge in [0.2, 0.25) is 5.89 Å². The second kappa shape index (κ2) is 7.19. The lowest BCUT2D eigenvalue weighted by atomic mass is 10.1. The first-order chi connectivity index (χ1) is 12.3. The Kier molecular flexibility index (Phi) is 4.61. The first-order valence-corrected chi connectivity index (χ1v) is 8.75. The summed E-state index contributed by atoms with van der Waals surface area (Å²) in [6, 6.07) is 17.3. The Morgan fingerprint density at radius 2 is 1.84 bits per heavy atom. The molecule has 0 saturated carbocycles. The van der Waals surface area contributed by atoms with Crippen molar-refractivity contribution in [2.24, 2.45) is 0 Å². The molecule has 1 saturated heterocycles. The molecule has 1 fully saturated rings. The quantitative estimate of drug-likeness (QED) is 0.674. The zero-order valence-corrected chi connectivity index (χ0v) is 14.1. The van der Waals surface area contributed by atoms with Crippen LogP contribution in [-0.4, -0.2) is 16.4 Å². The fraction of sp³-hybridized carbons (Fsp3) is 0.286. The molecule has 2 heterocycles. The van der Waals surface area contributed by atoms with Crippen molar-refractivity contribution in [3.05, 3.63) is 89.4 Å². The molecule has 1 aliphatic heterocycles. The number of rotatable bonds is 5. The van der Waals surface area contributed by atoms with Gasteiger partial charge in [0, 0.05) is 13.0 Å². The fourth-order valence-electron chi connectivity index (χ4n) is 3.47. The highest BCUT2D eigenvalue weighted by Crippen LogP contribution is 2.33. The van der Waals surface area contributed by atoms with Crippen LogP contribution in [0.15, 0.2) is 65.2 Å². The molecule has 0 N–H and O–H groups in total. The summed E-state index contributed by atoms with van der Waals surface area (Å²) in [5.74, 6) is 1.41. The number of nitrogens with zero attached hydrogens (tertiary/aromatic N) is 2. The number of aromatic nitrogens is 1. The molecule has 2 aromatic carbocycles. The van der Waals surface area contributed by atoms with Gasteiger partial charge in [-0.1, -0.05) is 42.5 Å². The Hall–Kier alpha value is -2.46. The standard InChI is InChI=1S/C21H21FN2O/c22-18-10-8-16(9-11-18)13-19-14-23-21(25-19)20-7-4-12-24(20)15-17-5-2-1-3-6-17/h1-3,5-6,8-11,14,20H,4,7,12-13,15H2/t20-/m1/s1. The van der Waals surface area contributed by atoms with Crippen LogP contribution in [0.2, 0.25) is 0 Å². The summed E-state index contributed by atoms with van der Waals surface area (Å²) in [6.07, 6.45) is 4.67. The average molecular weight is 336 g/mol. The second-order valence-electron chi connectivity index (χ2n) is 6.58. The lowest BCUT2D eigenvalue weighted by molar-refractivity contribution is 0.212. The van der Waals surface area contributed by atoms with E-state index in [1.807, 2.05) is 6.07 Å². The van der Waals surface area contributed by atoms with Crippen molar-refractivity contribution in [1.29, 1.82) is 0 Å². The monoisotopic (exact) mass is 336 g/mol. The molecule has 0 spiro atoms. The van der Waals surface area contributed by atoms with Gasteiger partial charge in [-0.05, 0) is 42.6 Å². The Labute approximate surface area is 147 Å². The maximum atomic E-state index is 13.0. The molecule has 0 bridgehead atoms. The maximum absolute atomic E-state index is 13.0. The molecular weight excluding hydrogens is 315 g/mol. The minimum absolute atomic E-state index is 0.218. The third-order valence-electron chi connectivity index (χ3n) is 4.74. The summed E-state index contributed by atoms with van der Waals surface area (Å²) in [6.45, 7) is 1.98. The van der Waals surface area contributed by atoms with Crippen molar-refractivity contribution in [3.63, 3.8) is 0 Å². The molecule has 0 aliphatic carbocycles. The van der Waals surface area contributed by atoms with Gasteiger partial charge in [0.15, 0.2) is 0 Å². The zero-order chi connectivity index (χ0) is 17.1. The molecule has 25 heavy (non-hydrogen) atoms. The van der Waals surface area contributed by atoms with Gasteiger partial charge < -0.3 is 4.42 Å². The van der Waals surface area contributed by atoms with E-state index in [1.54, 1.807) is 18.3 Å². The summed E-state index contributed by atoms with van der Waals surface area (Å²) in [5, 5.41) is 0. The van der Waals surface area contributed by atoms with Crippen LogP contribution >= 0.6 is 0 Å². The first-order valence-electron chi connectivity index (χ1n) is 8.75. The molecular formula is C21H21FN2O. The minimum atomic E-state index is -0.218. The number of benzene rings is 2. The highest BCUT2D eigenvalue weighted by atomic mass is 19.1. The van der Waals surface area contributed by atoms with Crippen molar-refractivity contribution >= 4 is 0 Å². The summed E-state index contributed by atoms with van der Waals surface area (Å²) < 4.78 is 19.0. The van der Waals surface area contributed by atoms with E-state index in [4.69, 9.17) is 4.42 Å². The van der Waals surface area contributed by atoms with E-state index >= 15 is 0 Å². The smallest absolute Gasteiger partial charge is 0.211 e. The average Bonchev–Trinajstić information content (AvgIpc) is 3.27. The van der Waals surface area contributed by atoms with Crippen molar-refractivity contribution in [3.8, 4) is 0 Å². The predicted molar refractivity (Wildman–Crippen MR) is 94.5 cm³/mol. The van der Waals surface area contributed by atoms with Crippen LogP contribution in [0, 0.1) is 5.82 Å². The van der Waals surface area contributed by atoms with Gasteiger partial charge in [-0.2, -0.15) is 0 Å². The summed E-state index contributed by atoms with van der Waals surface area (Å²) >= 11 is 0. The van der Waals surface area contributed by atoms with E-state index in [-0.39, 0.29) is 11.9 Å². The highest BCUT2D eigenvalue weighted by Gasteiger charge is 2.29. The van der Waals surface area contributed by atoms with Crippen LogP contribution in [0.1, 0.15) is 41.7 Å². The van der Waals surface area contributed by atoms with E-state index in [2.05, 4.69) is 34.1 Å². The molecule has 1 aliphatic rings. The molecule has 1 atom stereocenters. The predicted octanol–water partition coefficient (Wildman–Crippen LogP) is 4.74. The van der Waals surface area contributed by atoms with Crippen molar-refractivity contribution < 1.29 is 8.81 Å². The van der Waals surface area contributed by atoms with Crippen LogP contribution < -0.4 is 0 Å². The van der Waals surface area contributed by atoms with Crippen molar-refractivity contribution in [2.75, 3.05) is 6.54 Å². The summed E-state index contributed by atoms with van der Waals surface area (Å²) in [4.78, 5) is 6.95. The normalized spacial score (nSPS) is 17.9. The Balaban J connectivity index is 1.46. The van der Waals surface area contributed by atoms with Gasteiger partial charge in [0.05, 0.1) is 12.2 Å². The van der Waals surface area contributed by atoms with Crippen LogP contribution in [0.25, 0.3) is 0 Å². The van der Waals surface area contributed by atoms with Gasteiger partial charge in [-0.25, -0.2) is 9.37 Å². The van der Waals surface area contributed by atoms with E-state index in [0.29, 0.717) is 6.42 Å². The van der Waals surface area contributed by atoms with Crippen molar-refractivity contribution in [2.45, 2.75) is 31.8 Å². The van der Waals surface area contributed by atoms with Gasteiger partial charge in [-0.15, -0.1) is 0 Å². The topological polar surface area (TPSA) is 29.3 Å². The number of likely N-dealkylation sites (tertiary alicyclic amines) is 1. The minimum Gasteiger partial charge on any atom is -0.444 e. The zero-order valence-electron chi connectivity index (χ0n) is 14.1. The molecule has 1 aromatic heterocycles.